The zero-order valence-corrected chi connectivity index (χ0v) is 20.7. The molecule has 7 heteroatoms. The zero-order valence-electron chi connectivity index (χ0n) is 19.9. The van der Waals surface area contributed by atoms with E-state index < -0.39 is 5.91 Å². The molecule has 0 aromatic heterocycles. The molecule has 0 aliphatic carbocycles. The minimum atomic E-state index is -0.426. The van der Waals surface area contributed by atoms with E-state index in [9.17, 15) is 9.59 Å². The first kappa shape index (κ1) is 28.6. The summed E-state index contributed by atoms with van der Waals surface area (Å²) in [5.74, 6) is -0.274. The Balaban J connectivity index is 0.000000335. The van der Waals surface area contributed by atoms with Crippen LogP contribution in [0.4, 0.5) is 0 Å². The molecule has 1 atom stereocenters. The van der Waals surface area contributed by atoms with Crippen LogP contribution in [0, 0.1) is 0 Å². The van der Waals surface area contributed by atoms with Crippen molar-refractivity contribution in [3.63, 3.8) is 0 Å². The Hall–Kier alpha value is -2.41. The van der Waals surface area contributed by atoms with Gasteiger partial charge < -0.3 is 9.64 Å². The topological polar surface area (TPSA) is 78.9 Å². The zero-order chi connectivity index (χ0) is 24.5. The molecule has 182 valence electrons. The minimum absolute atomic E-state index is 0.152. The average Bonchev–Trinajstić information content (AvgIpc) is 2.84. The quantitative estimate of drug-likeness (QED) is 0.312. The summed E-state index contributed by atoms with van der Waals surface area (Å²) in [6.45, 7) is 8.32. The number of hydrogen-bond donors (Lipinski definition) is 2. The molecule has 0 saturated carbocycles. The normalized spacial score (nSPS) is 11.2. The number of nitrogens with one attached hydrogen (secondary N) is 1. The highest BCUT2D eigenvalue weighted by Crippen LogP contribution is 2.14. The van der Waals surface area contributed by atoms with Crippen LogP contribution in [0.2, 0.25) is 5.02 Å². The van der Waals surface area contributed by atoms with Crippen LogP contribution in [-0.4, -0.2) is 47.7 Å². The molecule has 0 aliphatic heterocycles. The maximum Gasteiger partial charge on any atom is 0.253 e. The van der Waals surface area contributed by atoms with Gasteiger partial charge in [0.25, 0.3) is 5.91 Å². The van der Waals surface area contributed by atoms with E-state index in [0.717, 1.165) is 49.9 Å². The van der Waals surface area contributed by atoms with Crippen LogP contribution in [0.1, 0.15) is 62.4 Å². The number of carbonyl (C=O) groups is 2. The van der Waals surface area contributed by atoms with Crippen LogP contribution >= 0.6 is 11.6 Å². The summed E-state index contributed by atoms with van der Waals surface area (Å²) in [5.41, 5.74) is 3.56. The van der Waals surface area contributed by atoms with Crippen LogP contribution in [0.5, 0.6) is 0 Å². The van der Waals surface area contributed by atoms with Gasteiger partial charge in [-0.1, -0.05) is 55.8 Å². The number of hydroxylamine groups is 1. The molecule has 0 heterocycles. The summed E-state index contributed by atoms with van der Waals surface area (Å²) < 4.78 is 5.46. The minimum Gasteiger partial charge on any atom is -0.378 e. The summed E-state index contributed by atoms with van der Waals surface area (Å²) in [7, 11) is 0. The van der Waals surface area contributed by atoms with Gasteiger partial charge in [0.2, 0.25) is 5.91 Å². The van der Waals surface area contributed by atoms with E-state index in [0.29, 0.717) is 11.6 Å². The number of amides is 2. The first-order valence-corrected chi connectivity index (χ1v) is 12.0. The number of hydrogen-bond acceptors (Lipinski definition) is 4. The molecular formula is C26H37ClN2O4. The second-order valence-corrected chi connectivity index (χ2v) is 8.08. The number of nitrogens with zero attached hydrogens (tertiary/aromatic N) is 1. The van der Waals surface area contributed by atoms with Crippen molar-refractivity contribution in [3.8, 4) is 0 Å². The molecule has 33 heavy (non-hydrogen) atoms. The lowest BCUT2D eigenvalue weighted by Gasteiger charge is -2.21. The van der Waals surface area contributed by atoms with E-state index in [2.05, 4.69) is 13.8 Å². The number of aryl methyl sites for hydroxylation is 1. The van der Waals surface area contributed by atoms with Gasteiger partial charge in [-0.2, -0.15) is 0 Å². The lowest BCUT2D eigenvalue weighted by atomic mass is 10.0. The highest BCUT2D eigenvalue weighted by molar-refractivity contribution is 6.30. The third kappa shape index (κ3) is 11.9. The number of halogens is 1. The van der Waals surface area contributed by atoms with Gasteiger partial charge in [0, 0.05) is 30.3 Å². The maximum atomic E-state index is 12.1. The van der Waals surface area contributed by atoms with Gasteiger partial charge in [-0.15, -0.1) is 0 Å². The molecule has 0 radical (unpaired) electrons. The molecule has 0 fully saturated rings. The SMILES string of the molecule is CCCN(CCC)C(=O)c1ccccc1.CCOC(CCc1ccc(Cl)cc1)CC(=O)NO. The Labute approximate surface area is 202 Å². The van der Waals surface area contributed by atoms with Gasteiger partial charge in [-0.3, -0.25) is 14.8 Å². The molecular weight excluding hydrogens is 440 g/mol. The second-order valence-electron chi connectivity index (χ2n) is 7.64. The summed E-state index contributed by atoms with van der Waals surface area (Å²) in [5, 5.41) is 9.21. The Bertz CT molecular complexity index is 794. The van der Waals surface area contributed by atoms with Crippen LogP contribution in [0.25, 0.3) is 0 Å². The highest BCUT2D eigenvalue weighted by Gasteiger charge is 2.14. The number of benzene rings is 2. The molecule has 2 aromatic rings. The lowest BCUT2D eigenvalue weighted by molar-refractivity contribution is -0.132. The van der Waals surface area contributed by atoms with E-state index in [1.165, 1.54) is 0 Å². The van der Waals surface area contributed by atoms with Crippen molar-refractivity contribution in [2.75, 3.05) is 19.7 Å². The monoisotopic (exact) mass is 476 g/mol. The molecule has 0 bridgehead atoms. The molecule has 0 saturated heterocycles. The van der Waals surface area contributed by atoms with Crippen molar-refractivity contribution < 1.29 is 19.5 Å². The number of ether oxygens (including phenoxy) is 1. The predicted molar refractivity (Wildman–Crippen MR) is 133 cm³/mol. The van der Waals surface area contributed by atoms with Gasteiger partial charge in [0.05, 0.1) is 12.5 Å². The summed E-state index contributed by atoms with van der Waals surface area (Å²) >= 11 is 5.81. The molecule has 2 aromatic carbocycles. The standard InChI is InChI=1S/C13H18ClNO3.C13H19NO/c1-2-18-12(9-13(16)15-17)8-5-10-3-6-11(14)7-4-10;1-3-10-14(11-4-2)13(15)12-8-6-5-7-9-12/h3-4,6-7,12,17H,2,5,8-9H2,1H3,(H,15,16);5-9H,3-4,10-11H2,1-2H3. The van der Waals surface area contributed by atoms with Crippen molar-refractivity contribution in [1.82, 2.24) is 10.4 Å². The van der Waals surface area contributed by atoms with Crippen LogP contribution < -0.4 is 5.48 Å². The Morgan fingerprint density at radius 1 is 1.00 bits per heavy atom. The third-order valence-corrected chi connectivity index (χ3v) is 5.16. The molecule has 0 aliphatic rings. The third-order valence-electron chi connectivity index (χ3n) is 4.90. The van der Waals surface area contributed by atoms with E-state index in [4.69, 9.17) is 21.5 Å². The van der Waals surface area contributed by atoms with Crippen LogP contribution in [0.3, 0.4) is 0 Å². The van der Waals surface area contributed by atoms with Gasteiger partial charge in [-0.25, -0.2) is 5.48 Å². The van der Waals surface area contributed by atoms with E-state index in [1.54, 1.807) is 5.48 Å². The fourth-order valence-electron chi connectivity index (χ4n) is 3.33. The first-order chi connectivity index (χ1) is 15.9. The van der Waals surface area contributed by atoms with Gasteiger partial charge >= 0.3 is 0 Å². The Kier molecular flexibility index (Phi) is 14.8. The summed E-state index contributed by atoms with van der Waals surface area (Å²) in [6, 6.07) is 17.1. The number of carbonyl (C=O) groups excluding carboxylic acids is 2. The van der Waals surface area contributed by atoms with Gasteiger partial charge in [0.1, 0.15) is 0 Å². The maximum absolute atomic E-state index is 12.1. The Morgan fingerprint density at radius 3 is 2.12 bits per heavy atom. The average molecular weight is 477 g/mol. The van der Waals surface area contributed by atoms with Crippen molar-refractivity contribution in [2.24, 2.45) is 0 Å². The summed E-state index contributed by atoms with van der Waals surface area (Å²) in [6.07, 6.45) is 3.54. The van der Waals surface area contributed by atoms with Crippen molar-refractivity contribution in [2.45, 2.75) is 59.0 Å². The molecule has 1 unspecified atom stereocenters. The van der Waals surface area contributed by atoms with Gasteiger partial charge in [0.15, 0.2) is 0 Å². The largest absolute Gasteiger partial charge is 0.378 e. The predicted octanol–water partition coefficient (Wildman–Crippen LogP) is 5.52. The fourth-order valence-corrected chi connectivity index (χ4v) is 3.46. The Morgan fingerprint density at radius 2 is 1.61 bits per heavy atom. The molecule has 2 amide bonds. The summed E-state index contributed by atoms with van der Waals surface area (Å²) in [4.78, 5) is 25.1. The fraction of sp³-hybridized carbons (Fsp3) is 0.462. The molecule has 2 rings (SSSR count). The van der Waals surface area contributed by atoms with Crippen molar-refractivity contribution >= 4 is 23.4 Å². The lowest BCUT2D eigenvalue weighted by Crippen LogP contribution is -2.32. The van der Waals surface area contributed by atoms with Gasteiger partial charge in [-0.05, 0) is 62.4 Å². The van der Waals surface area contributed by atoms with E-state index in [1.807, 2.05) is 66.4 Å². The van der Waals surface area contributed by atoms with E-state index in [-0.39, 0.29) is 18.4 Å². The second kappa shape index (κ2) is 17.1. The van der Waals surface area contributed by atoms with Crippen molar-refractivity contribution in [1.29, 1.82) is 0 Å². The first-order valence-electron chi connectivity index (χ1n) is 11.6. The van der Waals surface area contributed by atoms with Crippen LogP contribution in [0.15, 0.2) is 54.6 Å². The molecule has 2 N–H and O–H groups in total. The molecule has 6 nitrogen and oxygen atoms in total. The van der Waals surface area contributed by atoms with Crippen LogP contribution in [-0.2, 0) is 16.0 Å². The van der Waals surface area contributed by atoms with Crippen molar-refractivity contribution in [3.05, 3.63) is 70.7 Å². The smallest absolute Gasteiger partial charge is 0.253 e. The molecule has 0 spiro atoms. The number of rotatable bonds is 12. The van der Waals surface area contributed by atoms with E-state index >= 15 is 0 Å². The highest BCUT2D eigenvalue weighted by atomic mass is 35.5.